The number of carbonyl (C=O) groups is 3. The second-order valence-corrected chi connectivity index (χ2v) is 5.88. The van der Waals surface area contributed by atoms with Crippen LogP contribution in [0.15, 0.2) is 0 Å². The predicted octanol–water partition coefficient (Wildman–Crippen LogP) is 1.95. The lowest BCUT2D eigenvalue weighted by molar-refractivity contribution is -0.157. The SMILES string of the molecule is CCC(CC(=O)O)N1C(=O)CC2(CCCC2)CC1=O. The van der Waals surface area contributed by atoms with Crippen LogP contribution in [-0.4, -0.2) is 33.8 Å². The summed E-state index contributed by atoms with van der Waals surface area (Å²) >= 11 is 0. The monoisotopic (exact) mass is 267 g/mol. The Morgan fingerprint density at radius 2 is 1.79 bits per heavy atom. The molecule has 0 aromatic carbocycles. The van der Waals surface area contributed by atoms with E-state index in [1.54, 1.807) is 0 Å². The molecule has 5 heteroatoms. The molecule has 19 heavy (non-hydrogen) atoms. The maximum absolute atomic E-state index is 12.3. The van der Waals surface area contributed by atoms with E-state index in [-0.39, 0.29) is 23.7 Å². The summed E-state index contributed by atoms with van der Waals surface area (Å²) in [5, 5.41) is 8.87. The minimum Gasteiger partial charge on any atom is -0.481 e. The fourth-order valence-electron chi connectivity index (χ4n) is 3.52. The third kappa shape index (κ3) is 2.80. The maximum Gasteiger partial charge on any atom is 0.305 e. The summed E-state index contributed by atoms with van der Waals surface area (Å²) in [5.41, 5.74) is -0.119. The molecule has 0 radical (unpaired) electrons. The molecule has 1 aliphatic heterocycles. The van der Waals surface area contributed by atoms with Gasteiger partial charge in [0.2, 0.25) is 11.8 Å². The summed E-state index contributed by atoms with van der Waals surface area (Å²) in [6.07, 6.45) is 5.25. The van der Waals surface area contributed by atoms with Crippen LogP contribution in [0.5, 0.6) is 0 Å². The summed E-state index contributed by atoms with van der Waals surface area (Å²) in [6, 6.07) is -0.490. The van der Waals surface area contributed by atoms with Gasteiger partial charge in [-0.1, -0.05) is 19.8 Å². The van der Waals surface area contributed by atoms with Gasteiger partial charge in [-0.2, -0.15) is 0 Å². The van der Waals surface area contributed by atoms with Crippen LogP contribution < -0.4 is 0 Å². The summed E-state index contributed by atoms with van der Waals surface area (Å²) in [7, 11) is 0. The quantitative estimate of drug-likeness (QED) is 0.790. The van der Waals surface area contributed by atoms with Gasteiger partial charge < -0.3 is 5.11 Å². The van der Waals surface area contributed by atoms with E-state index in [9.17, 15) is 14.4 Å². The Kier molecular flexibility index (Phi) is 3.92. The van der Waals surface area contributed by atoms with Gasteiger partial charge in [0, 0.05) is 18.9 Å². The van der Waals surface area contributed by atoms with E-state index in [4.69, 9.17) is 5.11 Å². The van der Waals surface area contributed by atoms with E-state index in [1.807, 2.05) is 6.92 Å². The van der Waals surface area contributed by atoms with E-state index in [1.165, 1.54) is 4.90 Å². The number of hydrogen-bond donors (Lipinski definition) is 1. The molecule has 2 fully saturated rings. The van der Waals surface area contributed by atoms with Crippen molar-refractivity contribution in [1.82, 2.24) is 4.90 Å². The Morgan fingerprint density at radius 3 is 2.21 bits per heavy atom. The van der Waals surface area contributed by atoms with Crippen LogP contribution in [0.4, 0.5) is 0 Å². The number of rotatable bonds is 4. The highest BCUT2D eigenvalue weighted by molar-refractivity contribution is 5.99. The Bertz CT molecular complexity index is 378. The molecule has 1 heterocycles. The lowest BCUT2D eigenvalue weighted by Gasteiger charge is -2.40. The van der Waals surface area contributed by atoms with Crippen molar-refractivity contribution in [3.05, 3.63) is 0 Å². The Hall–Kier alpha value is -1.39. The van der Waals surface area contributed by atoms with Gasteiger partial charge in [0.15, 0.2) is 0 Å². The smallest absolute Gasteiger partial charge is 0.305 e. The predicted molar refractivity (Wildman–Crippen MR) is 68.3 cm³/mol. The fraction of sp³-hybridized carbons (Fsp3) is 0.786. The molecule has 1 unspecified atom stereocenters. The normalized spacial score (nSPS) is 23.9. The molecule has 2 rings (SSSR count). The lowest BCUT2D eigenvalue weighted by Crippen LogP contribution is -2.52. The molecule has 0 aromatic rings. The van der Waals surface area contributed by atoms with E-state index >= 15 is 0 Å². The fourth-order valence-corrected chi connectivity index (χ4v) is 3.52. The van der Waals surface area contributed by atoms with Gasteiger partial charge in [-0.05, 0) is 24.7 Å². The number of amides is 2. The molecule has 2 amide bonds. The summed E-state index contributed by atoms with van der Waals surface area (Å²) in [4.78, 5) is 36.6. The molecular weight excluding hydrogens is 246 g/mol. The minimum absolute atomic E-state index is 0.119. The molecule has 5 nitrogen and oxygen atoms in total. The zero-order valence-corrected chi connectivity index (χ0v) is 11.4. The van der Waals surface area contributed by atoms with Gasteiger partial charge in [-0.15, -0.1) is 0 Å². The molecule has 1 saturated heterocycles. The molecule has 1 N–H and O–H groups in total. The highest BCUT2D eigenvalue weighted by Crippen LogP contribution is 2.47. The molecule has 0 bridgehead atoms. The molecule has 1 atom stereocenters. The molecular formula is C14H21NO4. The van der Waals surface area contributed by atoms with Gasteiger partial charge in [-0.3, -0.25) is 19.3 Å². The average Bonchev–Trinajstić information content (AvgIpc) is 2.74. The molecule has 1 saturated carbocycles. The van der Waals surface area contributed by atoms with Crippen molar-refractivity contribution in [3.8, 4) is 0 Å². The number of piperidine rings is 1. The lowest BCUT2D eigenvalue weighted by atomic mass is 9.76. The second-order valence-electron chi connectivity index (χ2n) is 5.88. The zero-order valence-electron chi connectivity index (χ0n) is 11.4. The Labute approximate surface area is 113 Å². The second kappa shape index (κ2) is 5.31. The Morgan fingerprint density at radius 1 is 1.26 bits per heavy atom. The number of carboxylic acid groups (broad SMARTS) is 1. The molecule has 0 aromatic heterocycles. The van der Waals surface area contributed by atoms with Crippen LogP contribution in [0.25, 0.3) is 0 Å². The number of carboxylic acids is 1. The maximum atomic E-state index is 12.3. The van der Waals surface area contributed by atoms with Gasteiger partial charge in [0.1, 0.15) is 0 Å². The van der Waals surface area contributed by atoms with Crippen LogP contribution in [0, 0.1) is 5.41 Å². The van der Waals surface area contributed by atoms with Crippen molar-refractivity contribution in [2.24, 2.45) is 5.41 Å². The topological polar surface area (TPSA) is 74.7 Å². The van der Waals surface area contributed by atoms with Gasteiger partial charge in [-0.25, -0.2) is 0 Å². The first kappa shape index (κ1) is 14.0. The molecule has 106 valence electrons. The zero-order chi connectivity index (χ0) is 14.0. The van der Waals surface area contributed by atoms with Crippen molar-refractivity contribution in [1.29, 1.82) is 0 Å². The first-order valence-electron chi connectivity index (χ1n) is 7.04. The molecule has 1 spiro atoms. The van der Waals surface area contributed by atoms with Crippen molar-refractivity contribution < 1.29 is 19.5 Å². The summed E-state index contributed by atoms with van der Waals surface area (Å²) in [5.74, 6) is -1.31. The van der Waals surface area contributed by atoms with E-state index in [0.717, 1.165) is 25.7 Å². The largest absolute Gasteiger partial charge is 0.481 e. The standard InChI is InChI=1S/C14H21NO4/c1-2-10(7-13(18)19)15-11(16)8-14(9-12(15)17)5-3-4-6-14/h10H,2-9H2,1H3,(H,18,19). The number of nitrogens with zero attached hydrogens (tertiary/aromatic N) is 1. The van der Waals surface area contributed by atoms with E-state index < -0.39 is 12.0 Å². The van der Waals surface area contributed by atoms with Crippen molar-refractivity contribution >= 4 is 17.8 Å². The highest BCUT2D eigenvalue weighted by Gasteiger charge is 2.46. The summed E-state index contributed by atoms with van der Waals surface area (Å²) < 4.78 is 0. The van der Waals surface area contributed by atoms with Crippen molar-refractivity contribution in [2.75, 3.05) is 0 Å². The van der Waals surface area contributed by atoms with Gasteiger partial charge in [0.05, 0.1) is 6.42 Å². The highest BCUT2D eigenvalue weighted by atomic mass is 16.4. The third-order valence-corrected chi connectivity index (χ3v) is 4.50. The Balaban J connectivity index is 2.12. The van der Waals surface area contributed by atoms with Crippen molar-refractivity contribution in [2.45, 2.75) is 64.3 Å². The van der Waals surface area contributed by atoms with Crippen LogP contribution >= 0.6 is 0 Å². The minimum atomic E-state index is -0.964. The molecule has 1 aliphatic carbocycles. The van der Waals surface area contributed by atoms with E-state index in [2.05, 4.69) is 0 Å². The summed E-state index contributed by atoms with van der Waals surface area (Å²) in [6.45, 7) is 1.81. The number of likely N-dealkylation sites (tertiary alicyclic amines) is 1. The van der Waals surface area contributed by atoms with Crippen molar-refractivity contribution in [3.63, 3.8) is 0 Å². The number of imide groups is 1. The van der Waals surface area contributed by atoms with Gasteiger partial charge in [0.25, 0.3) is 0 Å². The third-order valence-electron chi connectivity index (χ3n) is 4.50. The molecule has 2 aliphatic rings. The van der Waals surface area contributed by atoms with Crippen LogP contribution in [0.3, 0.4) is 0 Å². The number of carbonyl (C=O) groups excluding carboxylic acids is 2. The van der Waals surface area contributed by atoms with Crippen LogP contribution in [0.1, 0.15) is 58.3 Å². The first-order chi connectivity index (χ1) is 8.97. The van der Waals surface area contributed by atoms with Gasteiger partial charge >= 0.3 is 5.97 Å². The van der Waals surface area contributed by atoms with E-state index in [0.29, 0.717) is 19.3 Å². The average molecular weight is 267 g/mol. The number of aliphatic carboxylic acids is 1. The van der Waals surface area contributed by atoms with Crippen LogP contribution in [-0.2, 0) is 14.4 Å². The number of hydrogen-bond acceptors (Lipinski definition) is 3. The van der Waals surface area contributed by atoms with Crippen LogP contribution in [0.2, 0.25) is 0 Å². The first-order valence-corrected chi connectivity index (χ1v) is 7.04.